The fraction of sp³-hybridized carbons (Fsp3) is 0.185. The fourth-order valence-electron chi connectivity index (χ4n) is 5.04. The molecule has 3 aromatic carbocycles. The average Bonchev–Trinajstić information content (AvgIpc) is 3.22. The molecule has 0 saturated carbocycles. The van der Waals surface area contributed by atoms with E-state index in [1.165, 1.54) is 45.0 Å². The van der Waals surface area contributed by atoms with Crippen molar-refractivity contribution in [2.24, 2.45) is 0 Å². The van der Waals surface area contributed by atoms with Gasteiger partial charge in [-0.05, 0) is 47.7 Å². The van der Waals surface area contributed by atoms with Crippen molar-refractivity contribution >= 4 is 64.6 Å². The molecule has 0 saturated heterocycles. The van der Waals surface area contributed by atoms with Crippen LogP contribution in [0.4, 0.5) is 0 Å². The van der Waals surface area contributed by atoms with E-state index in [9.17, 15) is 0 Å². The Kier molecular flexibility index (Phi) is 7.57. The molecule has 3 heteroatoms. The van der Waals surface area contributed by atoms with Crippen molar-refractivity contribution in [2.45, 2.75) is 31.7 Å². The molecule has 0 fully saturated rings. The van der Waals surface area contributed by atoms with E-state index in [0.29, 0.717) is 11.8 Å². The zero-order valence-corrected chi connectivity index (χ0v) is 18.1. The number of allylic oxidation sites excluding steroid dienone is 2. The van der Waals surface area contributed by atoms with Crippen LogP contribution in [0.15, 0.2) is 83.9 Å². The Labute approximate surface area is 207 Å². The summed E-state index contributed by atoms with van der Waals surface area (Å²) in [5.41, 5.74) is 10.2. The van der Waals surface area contributed by atoms with Gasteiger partial charge in [-0.2, -0.15) is 0 Å². The van der Waals surface area contributed by atoms with Crippen LogP contribution < -0.4 is 5.19 Å². The molecule has 142 valence electrons. The molecule has 30 heavy (non-hydrogen) atoms. The quantitative estimate of drug-likeness (QED) is 0.577. The van der Waals surface area contributed by atoms with Crippen LogP contribution >= 0.6 is 0 Å². The summed E-state index contributed by atoms with van der Waals surface area (Å²) >= 11 is 0. The summed E-state index contributed by atoms with van der Waals surface area (Å²) < 4.78 is 0. The first-order valence-electron chi connectivity index (χ1n) is 10.3. The van der Waals surface area contributed by atoms with Crippen molar-refractivity contribution < 1.29 is 0 Å². The van der Waals surface area contributed by atoms with E-state index in [1.807, 2.05) is 0 Å². The standard InChI is InChI=1S/C27H26Si.2Li.2H/c1-18-15-21-7-3-5-9-24(21)26(18)17-28-23-13-11-20(12-14-23)27-19(2)16-22-8-4-6-10-25(22)27;;;;/h3-16,26-27H,17,28H2,1-2H3;;;;. The first kappa shape index (κ1) is 23.2. The number of hydrogen-bond acceptors (Lipinski definition) is 0. The summed E-state index contributed by atoms with van der Waals surface area (Å²) in [5, 5.41) is 1.58. The Morgan fingerprint density at radius 2 is 1.23 bits per heavy atom. The molecule has 0 bridgehead atoms. The van der Waals surface area contributed by atoms with E-state index >= 15 is 0 Å². The predicted molar refractivity (Wildman–Crippen MR) is 138 cm³/mol. The van der Waals surface area contributed by atoms with Crippen LogP contribution in [-0.2, 0) is 0 Å². The van der Waals surface area contributed by atoms with Gasteiger partial charge in [0.1, 0.15) is 0 Å². The number of fused-ring (bicyclic) bond motifs is 2. The Balaban J connectivity index is 0.00000128. The Bertz CT molecular complexity index is 1100. The molecular formula is C27H28Li2Si. The molecule has 2 unspecified atom stereocenters. The maximum atomic E-state index is 2.40. The molecule has 0 nitrogen and oxygen atoms in total. The van der Waals surface area contributed by atoms with Gasteiger partial charge in [0.15, 0.2) is 0 Å². The Morgan fingerprint density at radius 3 is 1.93 bits per heavy atom. The summed E-state index contributed by atoms with van der Waals surface area (Å²) in [4.78, 5) is 0. The second kappa shape index (κ2) is 9.79. The monoisotopic (exact) mass is 394 g/mol. The SMILES string of the molecule is CC1=Cc2ccccc2C1C[SiH2]c1ccc(C2C(C)=Cc3ccccc32)cc1.[LiH].[LiH]. The van der Waals surface area contributed by atoms with Crippen LogP contribution in [0.2, 0.25) is 6.04 Å². The van der Waals surface area contributed by atoms with Gasteiger partial charge in [0.2, 0.25) is 0 Å². The van der Waals surface area contributed by atoms with Crippen molar-refractivity contribution in [2.75, 3.05) is 0 Å². The molecule has 2 atom stereocenters. The van der Waals surface area contributed by atoms with Crippen LogP contribution in [0.5, 0.6) is 0 Å². The fourth-order valence-corrected chi connectivity index (χ4v) is 7.00. The van der Waals surface area contributed by atoms with Crippen molar-refractivity contribution in [3.8, 4) is 0 Å². The molecule has 2 aliphatic carbocycles. The molecule has 0 spiro atoms. The van der Waals surface area contributed by atoms with E-state index in [2.05, 4.69) is 98.8 Å². The molecule has 2 aliphatic rings. The minimum absolute atomic E-state index is 0. The van der Waals surface area contributed by atoms with Gasteiger partial charge in [-0.25, -0.2) is 0 Å². The van der Waals surface area contributed by atoms with Gasteiger partial charge in [0, 0.05) is 11.8 Å². The molecule has 0 heterocycles. The summed E-state index contributed by atoms with van der Waals surface area (Å²) in [7, 11) is -0.277. The second-order valence-corrected chi connectivity index (χ2v) is 10.2. The predicted octanol–water partition coefficient (Wildman–Crippen LogP) is 4.35. The topological polar surface area (TPSA) is 0 Å². The molecule has 0 N–H and O–H groups in total. The van der Waals surface area contributed by atoms with Gasteiger partial charge in [-0.15, -0.1) is 0 Å². The van der Waals surface area contributed by atoms with Crippen LogP contribution in [0.25, 0.3) is 12.2 Å². The summed E-state index contributed by atoms with van der Waals surface area (Å²) in [6.07, 6.45) is 4.72. The van der Waals surface area contributed by atoms with Gasteiger partial charge in [-0.3, -0.25) is 0 Å². The number of rotatable bonds is 4. The summed E-state index contributed by atoms with van der Waals surface area (Å²) in [6.45, 7) is 4.56. The van der Waals surface area contributed by atoms with Gasteiger partial charge in [-0.1, -0.05) is 101 Å². The summed E-state index contributed by atoms with van der Waals surface area (Å²) in [5.74, 6) is 1.06. The molecular weight excluding hydrogens is 366 g/mol. The first-order valence-corrected chi connectivity index (χ1v) is 12.0. The van der Waals surface area contributed by atoms with Crippen LogP contribution in [0.3, 0.4) is 0 Å². The van der Waals surface area contributed by atoms with E-state index < -0.39 is 0 Å². The molecule has 0 aromatic heterocycles. The van der Waals surface area contributed by atoms with E-state index in [4.69, 9.17) is 0 Å². The van der Waals surface area contributed by atoms with Crippen molar-refractivity contribution in [3.05, 3.63) is 112 Å². The van der Waals surface area contributed by atoms with E-state index in [1.54, 1.807) is 5.19 Å². The molecule has 3 aromatic rings. The second-order valence-electron chi connectivity index (χ2n) is 8.30. The molecule has 0 amide bonds. The van der Waals surface area contributed by atoms with Crippen molar-refractivity contribution in [3.63, 3.8) is 0 Å². The van der Waals surface area contributed by atoms with E-state index in [0.717, 1.165) is 0 Å². The number of benzene rings is 3. The zero-order chi connectivity index (χ0) is 19.1. The first-order chi connectivity index (χ1) is 13.7. The minimum atomic E-state index is -0.277. The maximum absolute atomic E-state index is 2.40. The third-order valence-corrected chi connectivity index (χ3v) is 8.40. The van der Waals surface area contributed by atoms with Crippen molar-refractivity contribution in [1.29, 1.82) is 0 Å². The van der Waals surface area contributed by atoms with Crippen LogP contribution in [-0.4, -0.2) is 47.2 Å². The van der Waals surface area contributed by atoms with Gasteiger partial charge < -0.3 is 0 Å². The van der Waals surface area contributed by atoms with Crippen molar-refractivity contribution in [1.82, 2.24) is 0 Å². The Morgan fingerprint density at radius 1 is 0.667 bits per heavy atom. The van der Waals surface area contributed by atoms with Crippen LogP contribution in [0, 0.1) is 0 Å². The Hall–Kier alpha value is -1.45. The molecule has 0 radical (unpaired) electrons. The molecule has 0 aliphatic heterocycles. The number of hydrogen-bond donors (Lipinski definition) is 0. The van der Waals surface area contributed by atoms with E-state index in [-0.39, 0.29) is 47.2 Å². The third kappa shape index (κ3) is 4.29. The van der Waals surface area contributed by atoms with Crippen LogP contribution in [0.1, 0.15) is 53.5 Å². The van der Waals surface area contributed by atoms with Gasteiger partial charge >= 0.3 is 37.7 Å². The van der Waals surface area contributed by atoms with Gasteiger partial charge in [0.05, 0.1) is 9.52 Å². The normalized spacial score (nSPS) is 18.9. The zero-order valence-electron chi connectivity index (χ0n) is 16.7. The summed E-state index contributed by atoms with van der Waals surface area (Å²) in [6, 6.07) is 28.6. The average molecular weight is 394 g/mol. The third-order valence-electron chi connectivity index (χ3n) is 6.48. The molecule has 5 rings (SSSR count). The van der Waals surface area contributed by atoms with Gasteiger partial charge in [0.25, 0.3) is 0 Å².